The molecule has 22 heavy (non-hydrogen) atoms. The molecular weight excluding hydrogens is 266 g/mol. The molecule has 1 saturated carbocycles. The van der Waals surface area contributed by atoms with E-state index in [9.17, 15) is 0 Å². The second kappa shape index (κ2) is 7.26. The van der Waals surface area contributed by atoms with Gasteiger partial charge in [-0.25, -0.2) is 0 Å². The van der Waals surface area contributed by atoms with Crippen LogP contribution in [0.5, 0.6) is 0 Å². The third-order valence-electron chi connectivity index (χ3n) is 5.33. The number of hydrogen-bond acceptors (Lipinski definition) is 1. The largest absolute Gasteiger partial charge is 0.253 e. The van der Waals surface area contributed by atoms with Crippen molar-refractivity contribution in [2.24, 2.45) is 11.8 Å². The molecule has 1 heterocycles. The fourth-order valence-corrected chi connectivity index (χ4v) is 3.86. The molecule has 2 atom stereocenters. The quantitative estimate of drug-likeness (QED) is 0.793. The molecule has 118 valence electrons. The third-order valence-corrected chi connectivity index (χ3v) is 5.33. The summed E-state index contributed by atoms with van der Waals surface area (Å²) in [6.07, 6.45) is 17.9. The van der Waals surface area contributed by atoms with Crippen LogP contribution in [-0.4, -0.2) is 4.98 Å². The normalized spacial score (nSPS) is 25.6. The molecular formula is C21H29N. The second-order valence-electron chi connectivity index (χ2n) is 7.36. The molecule has 1 aromatic heterocycles. The first-order valence-corrected chi connectivity index (χ1v) is 9.04. The molecule has 0 spiro atoms. The van der Waals surface area contributed by atoms with Crippen molar-refractivity contribution in [1.29, 1.82) is 0 Å². The van der Waals surface area contributed by atoms with E-state index in [1.165, 1.54) is 50.2 Å². The SMILES string of the molecule is Cc1ccc2c(n1)=CCC(CC1CCCCC(C)CC1)=CC=2. The van der Waals surface area contributed by atoms with Crippen LogP contribution in [0.2, 0.25) is 0 Å². The highest BCUT2D eigenvalue weighted by atomic mass is 14.7. The number of aryl methyl sites for hydroxylation is 1. The maximum Gasteiger partial charge on any atom is 0.0668 e. The topological polar surface area (TPSA) is 12.9 Å². The van der Waals surface area contributed by atoms with Crippen molar-refractivity contribution in [3.8, 4) is 0 Å². The molecule has 2 unspecified atom stereocenters. The highest BCUT2D eigenvalue weighted by molar-refractivity contribution is 5.46. The monoisotopic (exact) mass is 295 g/mol. The van der Waals surface area contributed by atoms with Gasteiger partial charge in [0.15, 0.2) is 0 Å². The van der Waals surface area contributed by atoms with E-state index in [-0.39, 0.29) is 0 Å². The Kier molecular flexibility index (Phi) is 5.12. The van der Waals surface area contributed by atoms with Gasteiger partial charge in [-0.15, -0.1) is 0 Å². The molecule has 1 nitrogen and oxygen atoms in total. The van der Waals surface area contributed by atoms with Crippen LogP contribution in [0.15, 0.2) is 23.8 Å². The zero-order valence-corrected chi connectivity index (χ0v) is 14.1. The first kappa shape index (κ1) is 15.5. The Morgan fingerprint density at radius 3 is 2.82 bits per heavy atom. The minimum atomic E-state index is 0.895. The summed E-state index contributed by atoms with van der Waals surface area (Å²) in [5.74, 6) is 1.83. The van der Waals surface area contributed by atoms with E-state index in [1.54, 1.807) is 5.57 Å². The van der Waals surface area contributed by atoms with Gasteiger partial charge in [0.1, 0.15) is 0 Å². The lowest BCUT2D eigenvalue weighted by atomic mass is 9.82. The van der Waals surface area contributed by atoms with Crippen LogP contribution in [0.1, 0.15) is 64.0 Å². The lowest BCUT2D eigenvalue weighted by molar-refractivity contribution is 0.324. The summed E-state index contributed by atoms with van der Waals surface area (Å²) in [7, 11) is 0. The Bertz CT molecular complexity index is 653. The van der Waals surface area contributed by atoms with Gasteiger partial charge in [0.05, 0.1) is 5.35 Å². The van der Waals surface area contributed by atoms with Gasteiger partial charge in [-0.3, -0.25) is 4.98 Å². The minimum Gasteiger partial charge on any atom is -0.253 e. The summed E-state index contributed by atoms with van der Waals surface area (Å²) < 4.78 is 0. The van der Waals surface area contributed by atoms with Crippen LogP contribution in [0.25, 0.3) is 12.2 Å². The number of fused-ring (bicyclic) bond motifs is 1. The number of rotatable bonds is 2. The Morgan fingerprint density at radius 1 is 1.05 bits per heavy atom. The average molecular weight is 295 g/mol. The van der Waals surface area contributed by atoms with Crippen LogP contribution in [0.4, 0.5) is 0 Å². The van der Waals surface area contributed by atoms with E-state index >= 15 is 0 Å². The molecule has 1 heteroatoms. The Hall–Kier alpha value is -1.37. The van der Waals surface area contributed by atoms with Gasteiger partial charge in [-0.2, -0.15) is 0 Å². The van der Waals surface area contributed by atoms with Crippen LogP contribution < -0.4 is 10.6 Å². The van der Waals surface area contributed by atoms with E-state index in [4.69, 9.17) is 0 Å². The van der Waals surface area contributed by atoms with Gasteiger partial charge < -0.3 is 0 Å². The molecule has 1 fully saturated rings. The molecule has 2 aliphatic carbocycles. The predicted octanol–water partition coefficient (Wildman–Crippen LogP) is 4.28. The Morgan fingerprint density at radius 2 is 1.91 bits per heavy atom. The summed E-state index contributed by atoms with van der Waals surface area (Å²) in [5, 5.41) is 2.43. The lowest BCUT2D eigenvalue weighted by Gasteiger charge is -2.23. The van der Waals surface area contributed by atoms with Crippen molar-refractivity contribution in [3.63, 3.8) is 0 Å². The lowest BCUT2D eigenvalue weighted by Crippen LogP contribution is -2.27. The van der Waals surface area contributed by atoms with Crippen molar-refractivity contribution in [1.82, 2.24) is 4.98 Å². The fraction of sp³-hybridized carbons (Fsp3) is 0.571. The molecule has 3 rings (SSSR count). The standard InChI is InChI=1S/C21H29N/c1-16-5-3-4-6-18(9-7-16)15-19-10-13-20-12-8-17(2)22-21(20)14-11-19/h8,10,12-14,16,18H,3-7,9,11,15H2,1-2H3. The second-order valence-corrected chi connectivity index (χ2v) is 7.36. The minimum absolute atomic E-state index is 0.895. The molecule has 0 radical (unpaired) electrons. The molecule has 0 saturated heterocycles. The Labute approximate surface area is 134 Å². The predicted molar refractivity (Wildman–Crippen MR) is 94.8 cm³/mol. The van der Waals surface area contributed by atoms with Gasteiger partial charge in [-0.1, -0.05) is 68.9 Å². The maximum absolute atomic E-state index is 4.67. The number of allylic oxidation sites excluding steroid dienone is 2. The fourth-order valence-electron chi connectivity index (χ4n) is 3.86. The van der Waals surface area contributed by atoms with E-state index in [1.807, 2.05) is 0 Å². The molecule has 0 aromatic carbocycles. The summed E-state index contributed by atoms with van der Waals surface area (Å²) in [6.45, 7) is 4.50. The molecule has 1 aromatic rings. The van der Waals surface area contributed by atoms with E-state index in [0.29, 0.717) is 0 Å². The van der Waals surface area contributed by atoms with Crippen LogP contribution in [0.3, 0.4) is 0 Å². The average Bonchev–Trinajstić information content (AvgIpc) is 2.69. The Balaban J connectivity index is 1.70. The van der Waals surface area contributed by atoms with E-state index in [2.05, 4.69) is 49.2 Å². The van der Waals surface area contributed by atoms with Crippen molar-refractivity contribution in [3.05, 3.63) is 40.0 Å². The number of nitrogens with zero attached hydrogens (tertiary/aromatic N) is 1. The number of hydrogen-bond donors (Lipinski definition) is 0. The van der Waals surface area contributed by atoms with Crippen molar-refractivity contribution in [2.45, 2.75) is 65.2 Å². The number of pyridine rings is 1. The zero-order valence-electron chi connectivity index (χ0n) is 14.1. The molecule has 0 N–H and O–H groups in total. The zero-order chi connectivity index (χ0) is 15.4. The molecule has 0 amide bonds. The number of aromatic nitrogens is 1. The van der Waals surface area contributed by atoms with Gasteiger partial charge in [0.25, 0.3) is 0 Å². The molecule has 0 aliphatic heterocycles. The van der Waals surface area contributed by atoms with Crippen LogP contribution >= 0.6 is 0 Å². The molecule has 2 aliphatic rings. The summed E-state index contributed by atoms with van der Waals surface area (Å²) in [5.41, 5.74) is 2.70. The smallest absolute Gasteiger partial charge is 0.0668 e. The van der Waals surface area contributed by atoms with E-state index < -0.39 is 0 Å². The molecule has 0 bridgehead atoms. The summed E-state index contributed by atoms with van der Waals surface area (Å²) in [4.78, 5) is 4.67. The van der Waals surface area contributed by atoms with Crippen LogP contribution in [0, 0.1) is 18.8 Å². The van der Waals surface area contributed by atoms with Crippen molar-refractivity contribution >= 4 is 12.2 Å². The highest BCUT2D eigenvalue weighted by Crippen LogP contribution is 2.30. The first-order valence-electron chi connectivity index (χ1n) is 9.04. The van der Waals surface area contributed by atoms with E-state index in [0.717, 1.165) is 29.3 Å². The van der Waals surface area contributed by atoms with Gasteiger partial charge in [0.2, 0.25) is 0 Å². The van der Waals surface area contributed by atoms with Gasteiger partial charge >= 0.3 is 0 Å². The highest BCUT2D eigenvalue weighted by Gasteiger charge is 2.16. The summed E-state index contributed by atoms with van der Waals surface area (Å²) in [6, 6.07) is 4.31. The summed E-state index contributed by atoms with van der Waals surface area (Å²) >= 11 is 0. The first-order chi connectivity index (χ1) is 10.7. The van der Waals surface area contributed by atoms with Crippen LogP contribution in [-0.2, 0) is 0 Å². The third kappa shape index (κ3) is 4.09. The van der Waals surface area contributed by atoms with Gasteiger partial charge in [0, 0.05) is 5.69 Å². The van der Waals surface area contributed by atoms with Crippen molar-refractivity contribution < 1.29 is 0 Å². The maximum atomic E-state index is 4.67. The van der Waals surface area contributed by atoms with Gasteiger partial charge in [-0.05, 0) is 49.3 Å². The van der Waals surface area contributed by atoms with Crippen molar-refractivity contribution in [2.75, 3.05) is 0 Å².